The molecule has 0 radical (unpaired) electrons. The highest BCUT2D eigenvalue weighted by molar-refractivity contribution is 6.14. The van der Waals surface area contributed by atoms with Crippen LogP contribution in [0.3, 0.4) is 0 Å². The Hall–Kier alpha value is -2.94. The van der Waals surface area contributed by atoms with Gasteiger partial charge in [-0.15, -0.1) is 0 Å². The van der Waals surface area contributed by atoms with E-state index in [0.29, 0.717) is 11.5 Å². The zero-order chi connectivity index (χ0) is 14.5. The molecule has 20 heavy (non-hydrogen) atoms. The molecular weight excluding hydrogens is 256 g/mol. The highest BCUT2D eigenvalue weighted by atomic mass is 16.2. The van der Waals surface area contributed by atoms with Crippen molar-refractivity contribution in [2.75, 3.05) is 5.32 Å². The van der Waals surface area contributed by atoms with Crippen LogP contribution in [-0.4, -0.2) is 21.2 Å². The van der Waals surface area contributed by atoms with E-state index in [9.17, 15) is 9.59 Å². The van der Waals surface area contributed by atoms with E-state index in [1.807, 2.05) is 0 Å². The first kappa shape index (κ1) is 13.5. The van der Waals surface area contributed by atoms with Crippen LogP contribution in [0.25, 0.3) is 0 Å². The second kappa shape index (κ2) is 5.80. The molecule has 0 fully saturated rings. The van der Waals surface area contributed by atoms with Gasteiger partial charge >= 0.3 is 0 Å². The fourth-order valence-corrected chi connectivity index (χ4v) is 1.74. The number of rotatable bonds is 4. The maximum Gasteiger partial charge on any atom is 0.250 e. The minimum atomic E-state index is -1.40. The van der Waals surface area contributed by atoms with Crippen molar-refractivity contribution in [3.05, 3.63) is 48.4 Å². The summed E-state index contributed by atoms with van der Waals surface area (Å²) in [7, 11) is 1.68. The molecule has 0 aliphatic rings. The van der Waals surface area contributed by atoms with Crippen molar-refractivity contribution in [3.63, 3.8) is 0 Å². The molecule has 2 heterocycles. The highest BCUT2D eigenvalue weighted by Gasteiger charge is 2.29. The molecule has 1 amide bonds. The number of ketones is 1. The molecule has 1 N–H and O–H groups in total. The normalized spacial score (nSPS) is 11.4. The molecule has 2 aromatic heterocycles. The molecule has 0 bridgehead atoms. The van der Waals surface area contributed by atoms with Crippen molar-refractivity contribution in [2.45, 2.75) is 0 Å². The second-order valence-corrected chi connectivity index (χ2v) is 4.13. The van der Waals surface area contributed by atoms with Gasteiger partial charge in [0, 0.05) is 19.4 Å². The van der Waals surface area contributed by atoms with Crippen LogP contribution in [0.5, 0.6) is 0 Å². The van der Waals surface area contributed by atoms with Crippen LogP contribution in [0.1, 0.15) is 10.5 Å². The first-order valence-electron chi connectivity index (χ1n) is 5.90. The second-order valence-electron chi connectivity index (χ2n) is 4.13. The molecule has 0 aliphatic carbocycles. The van der Waals surface area contributed by atoms with Crippen LogP contribution in [0.15, 0.2) is 42.7 Å². The number of hydrogen-bond donors (Lipinski definition) is 1. The van der Waals surface area contributed by atoms with Gasteiger partial charge in [-0.1, -0.05) is 6.07 Å². The molecule has 6 heteroatoms. The fraction of sp³-hybridized carbons (Fsp3) is 0.143. The van der Waals surface area contributed by atoms with Crippen molar-refractivity contribution in [1.29, 1.82) is 5.26 Å². The Balaban J connectivity index is 2.17. The molecule has 2 aromatic rings. The highest BCUT2D eigenvalue weighted by Crippen LogP contribution is 2.11. The van der Waals surface area contributed by atoms with E-state index in [-0.39, 0.29) is 0 Å². The van der Waals surface area contributed by atoms with Gasteiger partial charge in [0.2, 0.25) is 5.78 Å². The lowest BCUT2D eigenvalue weighted by atomic mass is 10.0. The van der Waals surface area contributed by atoms with Crippen LogP contribution in [0, 0.1) is 17.2 Å². The van der Waals surface area contributed by atoms with Crippen molar-refractivity contribution in [1.82, 2.24) is 9.55 Å². The Morgan fingerprint density at radius 3 is 2.70 bits per heavy atom. The zero-order valence-corrected chi connectivity index (χ0v) is 10.8. The summed E-state index contributed by atoms with van der Waals surface area (Å²) >= 11 is 0. The van der Waals surface area contributed by atoms with Gasteiger partial charge < -0.3 is 9.88 Å². The van der Waals surface area contributed by atoms with E-state index in [1.165, 1.54) is 6.20 Å². The molecule has 6 nitrogen and oxygen atoms in total. The van der Waals surface area contributed by atoms with Crippen LogP contribution < -0.4 is 5.32 Å². The van der Waals surface area contributed by atoms with Gasteiger partial charge in [-0.3, -0.25) is 9.59 Å². The number of amides is 1. The Bertz CT molecular complexity index is 670. The number of nitrogens with one attached hydrogen (secondary N) is 1. The van der Waals surface area contributed by atoms with Gasteiger partial charge in [0.1, 0.15) is 5.82 Å². The average Bonchev–Trinajstić information content (AvgIpc) is 2.86. The van der Waals surface area contributed by atoms with Gasteiger partial charge in [-0.05, 0) is 24.3 Å². The number of pyridine rings is 1. The molecule has 0 spiro atoms. The molecule has 0 saturated heterocycles. The Morgan fingerprint density at radius 2 is 2.15 bits per heavy atom. The Morgan fingerprint density at radius 1 is 1.35 bits per heavy atom. The number of Topliss-reactive ketones (excluding diaryl/α,β-unsaturated/α-hetero) is 1. The number of carbonyl (C=O) groups is 2. The van der Waals surface area contributed by atoms with E-state index < -0.39 is 17.6 Å². The first-order valence-corrected chi connectivity index (χ1v) is 5.90. The number of hydrogen-bond acceptors (Lipinski definition) is 4. The molecule has 0 aliphatic heterocycles. The third-order valence-corrected chi connectivity index (χ3v) is 2.77. The number of nitrogens with zero attached hydrogens (tertiary/aromatic N) is 3. The van der Waals surface area contributed by atoms with Crippen LogP contribution in [-0.2, 0) is 11.8 Å². The minimum Gasteiger partial charge on any atom is -0.348 e. The standard InChI is InChI=1S/C14H12N4O2/c1-18-8-4-5-11(18)13(19)10(9-15)14(20)17-12-6-2-3-7-16-12/h2-8,10H,1H3,(H,16,17,20). The zero-order valence-electron chi connectivity index (χ0n) is 10.8. The van der Waals surface area contributed by atoms with E-state index in [1.54, 1.807) is 54.2 Å². The molecule has 0 saturated carbocycles. The van der Waals surface area contributed by atoms with Crippen LogP contribution in [0.4, 0.5) is 5.82 Å². The summed E-state index contributed by atoms with van der Waals surface area (Å²) in [6.07, 6.45) is 3.19. The molecule has 100 valence electrons. The number of carbonyl (C=O) groups excluding carboxylic acids is 2. The molecule has 1 unspecified atom stereocenters. The number of aryl methyl sites for hydroxylation is 1. The lowest BCUT2D eigenvalue weighted by molar-refractivity contribution is -0.117. The van der Waals surface area contributed by atoms with Gasteiger partial charge in [0.05, 0.1) is 11.8 Å². The average molecular weight is 268 g/mol. The first-order chi connectivity index (χ1) is 9.63. The van der Waals surface area contributed by atoms with E-state index in [0.717, 1.165) is 0 Å². The molecule has 0 aromatic carbocycles. The largest absolute Gasteiger partial charge is 0.348 e. The summed E-state index contributed by atoms with van der Waals surface area (Å²) in [4.78, 5) is 28.1. The smallest absolute Gasteiger partial charge is 0.250 e. The maximum atomic E-state index is 12.2. The number of aromatic nitrogens is 2. The van der Waals surface area contributed by atoms with E-state index in [2.05, 4.69) is 10.3 Å². The SMILES string of the molecule is Cn1cccc1C(=O)C(C#N)C(=O)Nc1ccccn1. The predicted octanol–water partition coefficient (Wildman–Crippen LogP) is 1.38. The lowest BCUT2D eigenvalue weighted by Gasteiger charge is -2.09. The van der Waals surface area contributed by atoms with Gasteiger partial charge in [0.15, 0.2) is 5.92 Å². The Labute approximate surface area is 115 Å². The fourth-order valence-electron chi connectivity index (χ4n) is 1.74. The summed E-state index contributed by atoms with van der Waals surface area (Å²) in [6.45, 7) is 0. The molecular formula is C14H12N4O2. The lowest BCUT2D eigenvalue weighted by Crippen LogP contribution is -2.30. The summed E-state index contributed by atoms with van der Waals surface area (Å²) < 4.78 is 1.57. The summed E-state index contributed by atoms with van der Waals surface area (Å²) in [5.41, 5.74) is 0.313. The van der Waals surface area contributed by atoms with Crippen molar-refractivity contribution < 1.29 is 9.59 Å². The third kappa shape index (κ3) is 2.72. The van der Waals surface area contributed by atoms with Crippen molar-refractivity contribution in [2.24, 2.45) is 13.0 Å². The molecule has 2 rings (SSSR count). The summed E-state index contributed by atoms with van der Waals surface area (Å²) in [6, 6.07) is 9.96. The quantitative estimate of drug-likeness (QED) is 0.670. The maximum absolute atomic E-state index is 12.2. The topological polar surface area (TPSA) is 87.8 Å². The summed E-state index contributed by atoms with van der Waals surface area (Å²) in [5.74, 6) is -2.31. The number of nitriles is 1. The predicted molar refractivity (Wildman–Crippen MR) is 71.7 cm³/mol. The van der Waals surface area contributed by atoms with Gasteiger partial charge in [-0.2, -0.15) is 5.26 Å². The number of anilines is 1. The van der Waals surface area contributed by atoms with Crippen molar-refractivity contribution >= 4 is 17.5 Å². The van der Waals surface area contributed by atoms with E-state index >= 15 is 0 Å². The van der Waals surface area contributed by atoms with Crippen LogP contribution >= 0.6 is 0 Å². The Kier molecular flexibility index (Phi) is 3.91. The van der Waals surface area contributed by atoms with Crippen LogP contribution in [0.2, 0.25) is 0 Å². The van der Waals surface area contributed by atoms with Crippen molar-refractivity contribution in [3.8, 4) is 6.07 Å². The van der Waals surface area contributed by atoms with Gasteiger partial charge in [-0.25, -0.2) is 4.98 Å². The monoisotopic (exact) mass is 268 g/mol. The summed E-state index contributed by atoms with van der Waals surface area (Å²) in [5, 5.41) is 11.5. The molecule has 1 atom stereocenters. The minimum absolute atomic E-state index is 0.303. The van der Waals surface area contributed by atoms with E-state index in [4.69, 9.17) is 5.26 Å². The third-order valence-electron chi connectivity index (χ3n) is 2.77. The van der Waals surface area contributed by atoms with Gasteiger partial charge in [0.25, 0.3) is 5.91 Å².